The molecule has 5 aromatic rings. The Hall–Kier alpha value is -6.11. The molecule has 3 aliphatic heterocycles. The molecule has 1 aromatic heterocycles. The van der Waals surface area contributed by atoms with Crippen LogP contribution in [0.15, 0.2) is 91.0 Å². The van der Waals surface area contributed by atoms with Crippen LogP contribution in [0.25, 0.3) is 11.3 Å². The van der Waals surface area contributed by atoms with Crippen molar-refractivity contribution in [3.63, 3.8) is 0 Å². The molecule has 2 N–H and O–H groups in total. The molecule has 12 nitrogen and oxygen atoms in total. The molecule has 8 rings (SSSR count). The number of carbonyl (C=O) groups is 3. The van der Waals surface area contributed by atoms with Gasteiger partial charge in [0, 0.05) is 87.6 Å². The fourth-order valence-corrected chi connectivity index (χ4v) is 8.21. The zero-order valence-corrected chi connectivity index (χ0v) is 32.5. The van der Waals surface area contributed by atoms with Crippen molar-refractivity contribution in [3.8, 4) is 28.5 Å². The minimum atomic E-state index is -0.513. The second-order valence-electron chi connectivity index (χ2n) is 15.1. The number of hydrogen-bond acceptors (Lipinski definition) is 8. The van der Waals surface area contributed by atoms with Gasteiger partial charge in [-0.1, -0.05) is 24.3 Å². The van der Waals surface area contributed by atoms with Gasteiger partial charge in [-0.15, -0.1) is 0 Å². The van der Waals surface area contributed by atoms with E-state index < -0.39 is 6.09 Å². The average molecular weight is 770 g/mol. The summed E-state index contributed by atoms with van der Waals surface area (Å²) in [5.74, 6) is 0.189. The molecule has 0 saturated carbocycles. The Morgan fingerprint density at radius 2 is 1.49 bits per heavy atom. The summed E-state index contributed by atoms with van der Waals surface area (Å²) in [5, 5.41) is 19.5. The third-order valence-corrected chi connectivity index (χ3v) is 11.7. The number of fused-ring (bicyclic) bond motifs is 2. The number of phenolic OH excluding ortho intramolecular Hbond substituents is 2. The lowest BCUT2D eigenvalue weighted by Crippen LogP contribution is -2.52. The summed E-state index contributed by atoms with van der Waals surface area (Å²) in [6.07, 6.45) is 0.749. The van der Waals surface area contributed by atoms with Gasteiger partial charge in [-0.05, 0) is 109 Å². The van der Waals surface area contributed by atoms with Crippen molar-refractivity contribution in [2.75, 3.05) is 51.3 Å². The second-order valence-corrected chi connectivity index (χ2v) is 15.1. The molecule has 57 heavy (non-hydrogen) atoms. The number of rotatable bonds is 7. The number of hydrogen-bond donors (Lipinski definition) is 2. The topological polar surface area (TPSA) is 128 Å². The largest absolute Gasteiger partial charge is 0.508 e. The van der Waals surface area contributed by atoms with Crippen LogP contribution >= 0.6 is 0 Å². The first-order chi connectivity index (χ1) is 27.5. The number of aromatic hydroxyl groups is 2. The Labute approximate surface area is 332 Å². The van der Waals surface area contributed by atoms with Crippen LogP contribution in [-0.2, 0) is 37.7 Å². The van der Waals surface area contributed by atoms with E-state index in [1.165, 1.54) is 17.7 Å². The number of amides is 3. The highest BCUT2D eigenvalue weighted by Gasteiger charge is 2.35. The predicted octanol–water partition coefficient (Wildman–Crippen LogP) is 6.14. The molecule has 0 unspecified atom stereocenters. The number of aromatic nitrogens is 1. The lowest BCUT2D eigenvalue weighted by molar-refractivity contribution is 0.0193. The van der Waals surface area contributed by atoms with Gasteiger partial charge in [-0.2, -0.15) is 0 Å². The molecule has 1 saturated heterocycles. The monoisotopic (exact) mass is 769 g/mol. The van der Waals surface area contributed by atoms with Crippen LogP contribution in [-0.4, -0.2) is 99.9 Å². The van der Waals surface area contributed by atoms with Crippen LogP contribution in [0.3, 0.4) is 0 Å². The first kappa shape index (κ1) is 37.8. The summed E-state index contributed by atoms with van der Waals surface area (Å²) in [6.45, 7) is 6.66. The molecule has 12 heteroatoms. The number of phenols is 2. The van der Waals surface area contributed by atoms with Crippen molar-refractivity contribution in [1.29, 1.82) is 0 Å². The SMILES string of the molecule is Cc1c(C(=O)N(C)c2ccc(O)cc2)cc(-c2cc3c(cc2C(=O)N2Cc4ccccc4C[C@H]2CN2CCOCC2)CN(C(=O)Oc2ccc(O)cc2)CC3)n1C. The van der Waals surface area contributed by atoms with Gasteiger partial charge < -0.3 is 39.0 Å². The van der Waals surface area contributed by atoms with Gasteiger partial charge >= 0.3 is 6.09 Å². The number of nitrogens with zero attached hydrogens (tertiary/aromatic N) is 5. The fourth-order valence-electron chi connectivity index (χ4n) is 8.21. The number of anilines is 1. The van der Waals surface area contributed by atoms with Crippen molar-refractivity contribution >= 4 is 23.6 Å². The summed E-state index contributed by atoms with van der Waals surface area (Å²) in [5.41, 5.74) is 8.06. The lowest BCUT2D eigenvalue weighted by Gasteiger charge is -2.41. The van der Waals surface area contributed by atoms with Gasteiger partial charge in [0.05, 0.1) is 18.8 Å². The summed E-state index contributed by atoms with van der Waals surface area (Å²) < 4.78 is 13.3. The summed E-state index contributed by atoms with van der Waals surface area (Å²) in [6, 6.07) is 26.6. The predicted molar refractivity (Wildman–Crippen MR) is 216 cm³/mol. The van der Waals surface area contributed by atoms with Gasteiger partial charge in [0.15, 0.2) is 0 Å². The van der Waals surface area contributed by atoms with E-state index in [4.69, 9.17) is 9.47 Å². The highest BCUT2D eigenvalue weighted by Crippen LogP contribution is 2.36. The van der Waals surface area contributed by atoms with E-state index in [1.54, 1.807) is 53.2 Å². The van der Waals surface area contributed by atoms with Crippen LogP contribution in [0.2, 0.25) is 0 Å². The Morgan fingerprint density at radius 3 is 2.21 bits per heavy atom. The maximum absolute atomic E-state index is 15.3. The molecule has 294 valence electrons. The number of morpholine rings is 1. The molecule has 4 heterocycles. The molecule has 3 aliphatic rings. The first-order valence-electron chi connectivity index (χ1n) is 19.4. The zero-order valence-electron chi connectivity index (χ0n) is 32.5. The minimum absolute atomic E-state index is 0.0772. The van der Waals surface area contributed by atoms with Crippen molar-refractivity contribution < 1.29 is 34.1 Å². The van der Waals surface area contributed by atoms with Crippen molar-refractivity contribution in [2.24, 2.45) is 7.05 Å². The van der Waals surface area contributed by atoms with Gasteiger partial charge in [0.25, 0.3) is 11.8 Å². The van der Waals surface area contributed by atoms with E-state index in [2.05, 4.69) is 29.2 Å². The van der Waals surface area contributed by atoms with Gasteiger partial charge in [-0.25, -0.2) is 4.79 Å². The summed E-state index contributed by atoms with van der Waals surface area (Å²) in [4.78, 5) is 50.3. The smallest absolute Gasteiger partial charge is 0.415 e. The normalized spacial score (nSPS) is 16.8. The van der Waals surface area contributed by atoms with E-state index in [-0.39, 0.29) is 35.9 Å². The fraction of sp³-hybridized carbons (Fsp3) is 0.311. The Morgan fingerprint density at radius 1 is 0.807 bits per heavy atom. The average Bonchev–Trinajstić information content (AvgIpc) is 3.53. The molecular formula is C45H47N5O7. The molecule has 0 radical (unpaired) electrons. The van der Waals surface area contributed by atoms with Crippen LogP contribution in [0.1, 0.15) is 48.7 Å². The molecule has 1 fully saturated rings. The van der Waals surface area contributed by atoms with Crippen LogP contribution < -0.4 is 9.64 Å². The van der Waals surface area contributed by atoms with Crippen molar-refractivity contribution in [2.45, 2.75) is 38.9 Å². The van der Waals surface area contributed by atoms with E-state index in [0.717, 1.165) is 53.2 Å². The second kappa shape index (κ2) is 15.8. The number of ether oxygens (including phenoxy) is 2. The lowest BCUT2D eigenvalue weighted by atomic mass is 9.89. The number of carbonyl (C=O) groups excluding carboxylic acids is 3. The Balaban J connectivity index is 1.18. The van der Waals surface area contributed by atoms with Crippen LogP contribution in [0, 0.1) is 6.92 Å². The highest BCUT2D eigenvalue weighted by atomic mass is 16.6. The summed E-state index contributed by atoms with van der Waals surface area (Å²) >= 11 is 0. The van der Waals surface area contributed by atoms with Crippen LogP contribution in [0.5, 0.6) is 17.2 Å². The zero-order chi connectivity index (χ0) is 39.8. The van der Waals surface area contributed by atoms with Crippen molar-refractivity contribution in [3.05, 3.63) is 130 Å². The van der Waals surface area contributed by atoms with E-state index in [1.807, 2.05) is 41.6 Å². The van der Waals surface area contributed by atoms with Crippen LogP contribution in [0.4, 0.5) is 10.5 Å². The third kappa shape index (κ3) is 7.70. The van der Waals surface area contributed by atoms with E-state index in [9.17, 15) is 19.8 Å². The maximum Gasteiger partial charge on any atom is 0.415 e. The molecule has 0 spiro atoms. The van der Waals surface area contributed by atoms with Gasteiger partial charge in [0.1, 0.15) is 17.2 Å². The molecule has 3 amide bonds. The van der Waals surface area contributed by atoms with E-state index >= 15 is 4.79 Å². The van der Waals surface area contributed by atoms with Gasteiger partial charge in [0.2, 0.25) is 0 Å². The van der Waals surface area contributed by atoms with Gasteiger partial charge in [-0.3, -0.25) is 14.5 Å². The Bertz CT molecular complexity index is 2310. The molecular weight excluding hydrogens is 723 g/mol. The quantitative estimate of drug-likeness (QED) is 0.202. The Kier molecular flexibility index (Phi) is 10.5. The molecule has 1 atom stereocenters. The van der Waals surface area contributed by atoms with E-state index in [0.29, 0.717) is 61.8 Å². The minimum Gasteiger partial charge on any atom is -0.508 e. The number of benzene rings is 4. The highest BCUT2D eigenvalue weighted by molar-refractivity contribution is 6.08. The molecule has 4 aromatic carbocycles. The maximum atomic E-state index is 15.3. The third-order valence-electron chi connectivity index (χ3n) is 11.7. The molecule has 0 aliphatic carbocycles. The van der Waals surface area contributed by atoms with Crippen molar-refractivity contribution in [1.82, 2.24) is 19.3 Å². The summed E-state index contributed by atoms with van der Waals surface area (Å²) in [7, 11) is 3.62. The molecule has 0 bridgehead atoms. The first-order valence-corrected chi connectivity index (χ1v) is 19.4. The standard InChI is InChI=1S/C45H47N5O7/c1-29-39(43(53)47(3)34-8-10-36(51)11-9-34)25-42(46(29)2)40-23-31-16-17-49(45(55)57-38-14-12-37(52)13-15-38)26-33(31)24-41(40)44(54)50-27-32-7-5-4-6-30(32)22-35(50)28-48-18-20-56-21-19-48/h4-15,23-25,35,51-52H,16-22,26-28H2,1-3H3/t35-/m0/s1.